The molecule has 0 aliphatic carbocycles. The molecular weight excluding hydrogens is 698 g/mol. The van der Waals surface area contributed by atoms with Crippen LogP contribution in [-0.2, 0) is 33.4 Å². The van der Waals surface area contributed by atoms with Gasteiger partial charge in [0.15, 0.2) is 0 Å². The van der Waals surface area contributed by atoms with E-state index in [2.05, 4.69) is 18.5 Å². The number of methoxy groups -OCH3 is 1. The molecule has 0 unspecified atom stereocenters. The maximum Gasteiger partial charge on any atom is 0.313 e. The number of amides is 3. The maximum absolute atomic E-state index is 15.1. The minimum Gasteiger partial charge on any atom is -0.455 e. The average Bonchev–Trinajstić information content (AvgIpc) is 3.80. The lowest BCUT2D eigenvalue weighted by Gasteiger charge is -2.41. The minimum atomic E-state index is -1.37. The fourth-order valence-corrected chi connectivity index (χ4v) is 8.79. The number of hydrogen-bond donors (Lipinski definition) is 2. The lowest BCUT2D eigenvalue weighted by atomic mass is 9.70. The number of allylic oxidation sites excluding steroid dienone is 1. The molecule has 2 aromatic carbocycles. The first-order valence-electron chi connectivity index (χ1n) is 18.4. The van der Waals surface area contributed by atoms with Crippen molar-refractivity contribution in [2.45, 2.75) is 88.8 Å². The van der Waals surface area contributed by atoms with Gasteiger partial charge in [0.2, 0.25) is 11.8 Å². The number of benzene rings is 2. The molecule has 0 radical (unpaired) electrons. The lowest BCUT2D eigenvalue weighted by molar-refractivity contribution is -0.163. The molecule has 9 atom stereocenters. The van der Waals surface area contributed by atoms with Gasteiger partial charge in [0, 0.05) is 20.1 Å². The standard InChI is InChI=1S/C41H52ClN3O8/c1-7-10-19-32(47)43-29(24-51-6)36(27-16-12-11-13-17-27)52-40(50)33-31-20-21-41(53-31)34(33)38(48)45(30(23-46)25(4)9-3)37(41)39(49)44(22-8-2)35-26(5)15-14-18-28(35)42/h7-8,11-18,25,29-31,33-34,36-37,46H,1-2,9-10,19-24H2,3-6H3,(H,43,47)/t25-,29+,30-,31-,33+,34+,36+,37-,41+/m0/s1. The molecule has 1 spiro atoms. The number of para-hydroxylation sites is 1. The molecule has 5 rings (SSSR count). The van der Waals surface area contributed by atoms with Gasteiger partial charge in [-0.05, 0) is 49.3 Å². The van der Waals surface area contributed by atoms with E-state index < -0.39 is 72.2 Å². The number of fused-ring (bicyclic) bond motifs is 1. The van der Waals surface area contributed by atoms with Crippen molar-refractivity contribution in [3.05, 3.63) is 90.0 Å². The highest BCUT2D eigenvalue weighted by Crippen LogP contribution is 2.60. The van der Waals surface area contributed by atoms with E-state index in [1.54, 1.807) is 36.4 Å². The van der Waals surface area contributed by atoms with E-state index in [9.17, 15) is 19.5 Å². The van der Waals surface area contributed by atoms with E-state index in [1.807, 2.05) is 45.0 Å². The van der Waals surface area contributed by atoms with Crippen molar-refractivity contribution in [3.8, 4) is 0 Å². The molecule has 2 bridgehead atoms. The Morgan fingerprint density at radius 1 is 1.17 bits per heavy atom. The average molecular weight is 750 g/mol. The van der Waals surface area contributed by atoms with Gasteiger partial charge in [0.1, 0.15) is 17.7 Å². The van der Waals surface area contributed by atoms with Gasteiger partial charge in [-0.3, -0.25) is 19.2 Å². The van der Waals surface area contributed by atoms with E-state index in [0.717, 1.165) is 5.56 Å². The highest BCUT2D eigenvalue weighted by molar-refractivity contribution is 6.34. The third-order valence-electron chi connectivity index (χ3n) is 11.1. The molecule has 3 saturated heterocycles. The van der Waals surface area contributed by atoms with Crippen molar-refractivity contribution in [1.82, 2.24) is 10.2 Å². The zero-order valence-electron chi connectivity index (χ0n) is 31.0. The first-order chi connectivity index (χ1) is 25.5. The maximum atomic E-state index is 15.1. The Morgan fingerprint density at radius 2 is 1.91 bits per heavy atom. The molecular formula is C41H52ClN3O8. The molecule has 0 aromatic heterocycles. The summed E-state index contributed by atoms with van der Waals surface area (Å²) in [6, 6.07) is 11.8. The highest BCUT2D eigenvalue weighted by Gasteiger charge is 2.76. The monoisotopic (exact) mass is 749 g/mol. The van der Waals surface area contributed by atoms with E-state index in [-0.39, 0.29) is 31.4 Å². The van der Waals surface area contributed by atoms with Crippen LogP contribution in [-0.4, -0.2) is 90.4 Å². The summed E-state index contributed by atoms with van der Waals surface area (Å²) >= 11 is 6.71. The Hall–Kier alpha value is -4.03. The van der Waals surface area contributed by atoms with Crippen LogP contribution in [0.15, 0.2) is 73.8 Å². The number of hydrogen-bond acceptors (Lipinski definition) is 8. The van der Waals surface area contributed by atoms with Crippen LogP contribution in [0.1, 0.15) is 63.2 Å². The second kappa shape index (κ2) is 17.4. The molecule has 3 aliphatic rings. The Bertz CT molecular complexity index is 1650. The largest absolute Gasteiger partial charge is 0.455 e. The fraction of sp³-hybridized carbons (Fsp3) is 0.512. The molecule has 11 nitrogen and oxygen atoms in total. The summed E-state index contributed by atoms with van der Waals surface area (Å²) < 4.78 is 18.6. The van der Waals surface area contributed by atoms with Gasteiger partial charge in [0.05, 0.1) is 53.9 Å². The number of nitrogens with one attached hydrogen (secondary N) is 1. The van der Waals surface area contributed by atoms with Crippen molar-refractivity contribution < 1.29 is 38.5 Å². The van der Waals surface area contributed by atoms with E-state index in [4.69, 9.17) is 25.8 Å². The molecule has 3 fully saturated rings. The smallest absolute Gasteiger partial charge is 0.313 e. The van der Waals surface area contributed by atoms with Crippen LogP contribution in [0.2, 0.25) is 5.02 Å². The van der Waals surface area contributed by atoms with Crippen LogP contribution in [0.25, 0.3) is 0 Å². The number of aliphatic hydroxyl groups excluding tert-OH is 1. The molecule has 12 heteroatoms. The number of anilines is 1. The van der Waals surface area contributed by atoms with Gasteiger partial charge in [-0.25, -0.2) is 0 Å². The predicted octanol–water partition coefficient (Wildman–Crippen LogP) is 5.33. The molecule has 2 aromatic rings. The third-order valence-corrected chi connectivity index (χ3v) is 11.4. The van der Waals surface area contributed by atoms with Crippen LogP contribution in [0.3, 0.4) is 0 Å². The second-order valence-corrected chi connectivity index (χ2v) is 14.7. The number of aryl methyl sites for hydroxylation is 1. The minimum absolute atomic E-state index is 0.0433. The molecule has 3 heterocycles. The van der Waals surface area contributed by atoms with Gasteiger partial charge < -0.3 is 34.4 Å². The number of carbonyl (C=O) groups is 4. The summed E-state index contributed by atoms with van der Waals surface area (Å²) in [5, 5.41) is 14.1. The normalized spacial score (nSPS) is 25.2. The van der Waals surface area contributed by atoms with Crippen LogP contribution in [0.4, 0.5) is 5.69 Å². The summed E-state index contributed by atoms with van der Waals surface area (Å²) in [6.45, 7) is 13.1. The second-order valence-electron chi connectivity index (χ2n) is 14.3. The topological polar surface area (TPSA) is 135 Å². The highest BCUT2D eigenvalue weighted by atomic mass is 35.5. The van der Waals surface area contributed by atoms with Gasteiger partial charge >= 0.3 is 5.97 Å². The van der Waals surface area contributed by atoms with Gasteiger partial charge in [-0.15, -0.1) is 13.2 Å². The predicted molar refractivity (Wildman–Crippen MR) is 202 cm³/mol. The Balaban J connectivity index is 1.57. The lowest BCUT2D eigenvalue weighted by Crippen LogP contribution is -2.60. The quantitative estimate of drug-likeness (QED) is 0.154. The number of halogens is 1. The Kier molecular flexibility index (Phi) is 13.2. The number of aliphatic hydroxyl groups is 1. The molecule has 53 heavy (non-hydrogen) atoms. The Morgan fingerprint density at radius 3 is 2.53 bits per heavy atom. The molecule has 3 amide bonds. The number of esters is 1. The van der Waals surface area contributed by atoms with E-state index in [0.29, 0.717) is 42.0 Å². The fourth-order valence-electron chi connectivity index (χ4n) is 8.47. The number of ether oxygens (including phenoxy) is 3. The number of likely N-dealkylation sites (tertiary alicyclic amines) is 1. The van der Waals surface area contributed by atoms with Gasteiger partial charge in [-0.2, -0.15) is 0 Å². The number of carbonyl (C=O) groups excluding carboxylic acids is 4. The summed E-state index contributed by atoms with van der Waals surface area (Å²) in [6.07, 6.45) is 3.64. The van der Waals surface area contributed by atoms with Crippen molar-refractivity contribution in [3.63, 3.8) is 0 Å². The van der Waals surface area contributed by atoms with E-state index >= 15 is 4.79 Å². The number of nitrogens with zero attached hydrogens (tertiary/aromatic N) is 2. The van der Waals surface area contributed by atoms with Crippen molar-refractivity contribution in [1.29, 1.82) is 0 Å². The van der Waals surface area contributed by atoms with Crippen LogP contribution >= 0.6 is 11.6 Å². The SMILES string of the molecule is C=CCCC(=O)N[C@H](COC)[C@H](OC(=O)[C@@H]1[C@@H]2CC[C@]3(O2)[C@H](C(=O)N(CC=C)c2c(C)cccc2Cl)N([C@@H](CO)[C@@H](C)CC)C(=O)[C@@H]13)c1ccccc1. The van der Waals surface area contributed by atoms with Gasteiger partial charge in [-0.1, -0.05) is 86.5 Å². The molecule has 0 saturated carbocycles. The van der Waals surface area contributed by atoms with Crippen molar-refractivity contribution in [2.24, 2.45) is 17.8 Å². The van der Waals surface area contributed by atoms with E-state index in [1.165, 1.54) is 16.9 Å². The van der Waals surface area contributed by atoms with Crippen molar-refractivity contribution >= 4 is 41.0 Å². The summed E-state index contributed by atoms with van der Waals surface area (Å²) in [7, 11) is 1.50. The summed E-state index contributed by atoms with van der Waals surface area (Å²) in [5.41, 5.74) is 0.505. The zero-order valence-corrected chi connectivity index (χ0v) is 31.8. The number of rotatable bonds is 18. The third kappa shape index (κ3) is 7.67. The van der Waals surface area contributed by atoms with Crippen LogP contribution < -0.4 is 10.2 Å². The molecule has 2 N–H and O–H groups in total. The van der Waals surface area contributed by atoms with Crippen LogP contribution in [0.5, 0.6) is 0 Å². The first-order valence-corrected chi connectivity index (χ1v) is 18.8. The van der Waals surface area contributed by atoms with Gasteiger partial charge in [0.25, 0.3) is 5.91 Å². The molecule has 3 aliphatic heterocycles. The molecule has 286 valence electrons. The van der Waals surface area contributed by atoms with Crippen LogP contribution in [0, 0.1) is 24.7 Å². The summed E-state index contributed by atoms with van der Waals surface area (Å²) in [5.74, 6) is -4.10. The Labute approximate surface area is 317 Å². The first kappa shape index (κ1) is 40.2. The summed E-state index contributed by atoms with van der Waals surface area (Å²) in [4.78, 5) is 60.6. The zero-order chi connectivity index (χ0) is 38.4. The van der Waals surface area contributed by atoms with Crippen molar-refractivity contribution in [2.75, 3.05) is 31.8 Å².